The van der Waals surface area contributed by atoms with Crippen molar-refractivity contribution in [2.24, 2.45) is 0 Å². The van der Waals surface area contributed by atoms with Gasteiger partial charge in [-0.15, -0.1) is 0 Å². The van der Waals surface area contributed by atoms with Gasteiger partial charge in [0.25, 0.3) is 0 Å². The van der Waals surface area contributed by atoms with Crippen molar-refractivity contribution in [2.45, 2.75) is 19.9 Å². The Balaban J connectivity index is 2.19. The van der Waals surface area contributed by atoms with E-state index < -0.39 is 0 Å². The highest BCUT2D eigenvalue weighted by molar-refractivity contribution is 6.30. The molecular weight excluding hydrogens is 262 g/mol. The van der Waals surface area contributed by atoms with Crippen molar-refractivity contribution in [1.29, 1.82) is 0 Å². The van der Waals surface area contributed by atoms with Crippen LogP contribution < -0.4 is 10.1 Å². The van der Waals surface area contributed by atoms with Crippen molar-refractivity contribution in [3.63, 3.8) is 0 Å². The van der Waals surface area contributed by atoms with Crippen molar-refractivity contribution >= 4 is 17.4 Å². The molecule has 0 spiro atoms. The van der Waals surface area contributed by atoms with Crippen molar-refractivity contribution < 1.29 is 4.74 Å². The van der Waals surface area contributed by atoms with Gasteiger partial charge in [-0.3, -0.25) is 0 Å². The van der Waals surface area contributed by atoms with Crippen LogP contribution in [0.5, 0.6) is 5.88 Å². The Hall–Kier alpha value is -1.81. The maximum atomic E-state index is 5.88. The smallest absolute Gasteiger partial charge is 0.221 e. The van der Waals surface area contributed by atoms with E-state index >= 15 is 0 Å². The van der Waals surface area contributed by atoms with Crippen LogP contribution in [0.15, 0.2) is 30.6 Å². The predicted molar refractivity (Wildman–Crippen MR) is 76.8 cm³/mol. The lowest BCUT2D eigenvalue weighted by Gasteiger charge is -2.17. The van der Waals surface area contributed by atoms with Gasteiger partial charge in [0.1, 0.15) is 12.1 Å². The number of aromatic nitrogens is 2. The monoisotopic (exact) mass is 277 g/mol. The fourth-order valence-corrected chi connectivity index (χ4v) is 1.95. The largest absolute Gasteiger partial charge is 0.481 e. The fraction of sp³-hybridized carbons (Fsp3) is 0.286. The maximum Gasteiger partial charge on any atom is 0.221 e. The van der Waals surface area contributed by atoms with Gasteiger partial charge in [0, 0.05) is 11.1 Å². The topological polar surface area (TPSA) is 47.0 Å². The molecule has 100 valence electrons. The van der Waals surface area contributed by atoms with Gasteiger partial charge in [-0.05, 0) is 31.5 Å². The van der Waals surface area contributed by atoms with Crippen molar-refractivity contribution in [2.75, 3.05) is 12.4 Å². The number of hydrogen-bond donors (Lipinski definition) is 1. The third-order valence-electron chi connectivity index (χ3n) is 2.95. The molecule has 1 N–H and O–H groups in total. The summed E-state index contributed by atoms with van der Waals surface area (Å²) in [6, 6.07) is 7.86. The summed E-state index contributed by atoms with van der Waals surface area (Å²) < 4.78 is 5.18. The van der Waals surface area contributed by atoms with Crippen LogP contribution in [-0.4, -0.2) is 17.1 Å². The Bertz CT molecular complexity index is 557. The summed E-state index contributed by atoms with van der Waals surface area (Å²) in [5.74, 6) is 1.36. The SMILES string of the molecule is COc1ncnc(NC(C)c2ccc(Cl)cc2)c1C. The van der Waals surface area contributed by atoms with E-state index in [1.165, 1.54) is 6.33 Å². The number of nitrogens with one attached hydrogen (secondary N) is 1. The van der Waals surface area contributed by atoms with Crippen LogP contribution in [0.3, 0.4) is 0 Å². The molecule has 1 unspecified atom stereocenters. The summed E-state index contributed by atoms with van der Waals surface area (Å²) in [6.45, 7) is 3.99. The molecule has 19 heavy (non-hydrogen) atoms. The van der Waals surface area contributed by atoms with Crippen molar-refractivity contribution in [3.8, 4) is 5.88 Å². The molecular formula is C14H16ClN3O. The van der Waals surface area contributed by atoms with Gasteiger partial charge in [-0.2, -0.15) is 0 Å². The fourth-order valence-electron chi connectivity index (χ4n) is 1.83. The Morgan fingerprint density at radius 3 is 2.53 bits per heavy atom. The van der Waals surface area contributed by atoms with E-state index in [0.717, 1.165) is 22.0 Å². The molecule has 0 amide bonds. The van der Waals surface area contributed by atoms with Gasteiger partial charge < -0.3 is 10.1 Å². The highest BCUT2D eigenvalue weighted by Gasteiger charge is 2.11. The number of ether oxygens (including phenoxy) is 1. The number of halogens is 1. The third kappa shape index (κ3) is 3.15. The molecule has 0 aliphatic heterocycles. The molecule has 0 bridgehead atoms. The second-order valence-corrected chi connectivity index (χ2v) is 4.71. The lowest BCUT2D eigenvalue weighted by atomic mass is 10.1. The molecule has 0 saturated heterocycles. The van der Waals surface area contributed by atoms with E-state index in [4.69, 9.17) is 16.3 Å². The standard InChI is InChI=1S/C14H16ClN3O/c1-9-13(16-8-17-14(9)19-3)18-10(2)11-4-6-12(15)7-5-11/h4-8,10H,1-3H3,(H,16,17,18). The van der Waals surface area contributed by atoms with Gasteiger partial charge in [-0.1, -0.05) is 23.7 Å². The second kappa shape index (κ2) is 5.89. The van der Waals surface area contributed by atoms with E-state index in [-0.39, 0.29) is 6.04 Å². The summed E-state index contributed by atoms with van der Waals surface area (Å²) in [5.41, 5.74) is 2.03. The van der Waals surface area contributed by atoms with Gasteiger partial charge in [0.2, 0.25) is 5.88 Å². The summed E-state index contributed by atoms with van der Waals surface area (Å²) in [6.07, 6.45) is 1.49. The minimum Gasteiger partial charge on any atom is -0.481 e. The summed E-state index contributed by atoms with van der Waals surface area (Å²) >= 11 is 5.88. The number of rotatable bonds is 4. The van der Waals surface area contributed by atoms with Crippen LogP contribution in [0, 0.1) is 6.92 Å². The molecule has 1 atom stereocenters. The zero-order valence-corrected chi connectivity index (χ0v) is 11.9. The van der Waals surface area contributed by atoms with E-state index in [0.29, 0.717) is 5.88 Å². The zero-order chi connectivity index (χ0) is 13.8. The van der Waals surface area contributed by atoms with Gasteiger partial charge in [0.05, 0.1) is 12.7 Å². The average Bonchev–Trinajstić information content (AvgIpc) is 2.42. The minimum absolute atomic E-state index is 0.121. The minimum atomic E-state index is 0.121. The predicted octanol–water partition coefficient (Wildman–Crippen LogP) is 3.62. The lowest BCUT2D eigenvalue weighted by Crippen LogP contribution is -2.10. The quantitative estimate of drug-likeness (QED) is 0.927. The first-order valence-corrected chi connectivity index (χ1v) is 6.37. The Labute approximate surface area is 117 Å². The van der Waals surface area contributed by atoms with Crippen molar-refractivity contribution in [1.82, 2.24) is 9.97 Å². The molecule has 2 rings (SSSR count). The van der Waals surface area contributed by atoms with Gasteiger partial charge in [-0.25, -0.2) is 9.97 Å². The molecule has 0 aliphatic carbocycles. The first-order valence-electron chi connectivity index (χ1n) is 5.99. The highest BCUT2D eigenvalue weighted by Crippen LogP contribution is 2.25. The molecule has 2 aromatic rings. The number of methoxy groups -OCH3 is 1. The molecule has 0 aliphatic rings. The molecule has 5 heteroatoms. The first-order chi connectivity index (χ1) is 9.11. The molecule has 4 nitrogen and oxygen atoms in total. The molecule has 1 aromatic carbocycles. The van der Waals surface area contributed by atoms with Crippen LogP contribution in [0.1, 0.15) is 24.1 Å². The van der Waals surface area contributed by atoms with Crippen LogP contribution in [0.2, 0.25) is 5.02 Å². The molecule has 0 saturated carbocycles. The first kappa shape index (κ1) is 13.6. The lowest BCUT2D eigenvalue weighted by molar-refractivity contribution is 0.393. The Kier molecular flexibility index (Phi) is 4.22. The highest BCUT2D eigenvalue weighted by atomic mass is 35.5. The zero-order valence-electron chi connectivity index (χ0n) is 11.1. The van der Waals surface area contributed by atoms with Gasteiger partial charge >= 0.3 is 0 Å². The molecule has 1 aromatic heterocycles. The van der Waals surface area contributed by atoms with E-state index in [9.17, 15) is 0 Å². The van der Waals surface area contributed by atoms with E-state index in [1.54, 1.807) is 7.11 Å². The Morgan fingerprint density at radius 1 is 1.21 bits per heavy atom. The van der Waals surface area contributed by atoms with Crippen LogP contribution in [0.25, 0.3) is 0 Å². The van der Waals surface area contributed by atoms with Crippen molar-refractivity contribution in [3.05, 3.63) is 46.7 Å². The van der Waals surface area contributed by atoms with Gasteiger partial charge in [0.15, 0.2) is 0 Å². The summed E-state index contributed by atoms with van der Waals surface area (Å²) in [7, 11) is 1.60. The maximum absolute atomic E-state index is 5.88. The molecule has 1 heterocycles. The molecule has 0 fully saturated rings. The second-order valence-electron chi connectivity index (χ2n) is 4.27. The number of anilines is 1. The Morgan fingerprint density at radius 2 is 1.89 bits per heavy atom. The van der Waals surface area contributed by atoms with E-state index in [2.05, 4.69) is 22.2 Å². The normalized spacial score (nSPS) is 12.0. The third-order valence-corrected chi connectivity index (χ3v) is 3.21. The van der Waals surface area contributed by atoms with E-state index in [1.807, 2.05) is 31.2 Å². The summed E-state index contributed by atoms with van der Waals surface area (Å²) in [5, 5.41) is 4.08. The number of hydrogen-bond acceptors (Lipinski definition) is 4. The summed E-state index contributed by atoms with van der Waals surface area (Å²) in [4.78, 5) is 8.30. The van der Waals surface area contributed by atoms with Crippen LogP contribution in [-0.2, 0) is 0 Å². The number of nitrogens with zero attached hydrogens (tertiary/aromatic N) is 2. The molecule has 0 radical (unpaired) electrons. The van der Waals surface area contributed by atoms with Crippen LogP contribution >= 0.6 is 11.6 Å². The number of benzene rings is 1. The average molecular weight is 278 g/mol. The van der Waals surface area contributed by atoms with Crippen LogP contribution in [0.4, 0.5) is 5.82 Å².